The van der Waals surface area contributed by atoms with E-state index in [1.54, 1.807) is 30.6 Å². The van der Waals surface area contributed by atoms with Gasteiger partial charge in [0.25, 0.3) is 5.91 Å². The number of amides is 1. The molecule has 13 heteroatoms. The number of halogens is 1. The van der Waals surface area contributed by atoms with Crippen LogP contribution in [0.15, 0.2) is 49.1 Å². The molecule has 6 heterocycles. The standard InChI is InChI=1S/C30H28FN9O3/c1-15(41)25-26(18-9-19-5-6-20(10-18)39(19)30(42)28-34-14-35-38-28)37-29-21(13-36-40(29)27(25)32)17-3-7-23(33-12-17)16-4-8-24(43-2)22(31)11-16/h3-4,7-8,11-14,18-20H,5-6,9-10,32H2,1-2H3,(H,34,35,38). The van der Waals surface area contributed by atoms with Crippen molar-refractivity contribution in [1.29, 1.82) is 0 Å². The van der Waals surface area contributed by atoms with Crippen molar-refractivity contribution in [3.63, 3.8) is 0 Å². The Bertz CT molecular complexity index is 1860. The van der Waals surface area contributed by atoms with E-state index in [0.717, 1.165) is 18.4 Å². The Balaban J connectivity index is 1.24. The number of pyridine rings is 1. The Morgan fingerprint density at radius 3 is 2.49 bits per heavy atom. The van der Waals surface area contributed by atoms with E-state index in [-0.39, 0.29) is 47.1 Å². The zero-order valence-corrected chi connectivity index (χ0v) is 23.5. The van der Waals surface area contributed by atoms with E-state index in [4.69, 9.17) is 15.5 Å². The molecule has 3 N–H and O–H groups in total. The lowest BCUT2D eigenvalue weighted by Gasteiger charge is -2.38. The van der Waals surface area contributed by atoms with Crippen LogP contribution in [-0.4, -0.2) is 70.5 Å². The number of aromatic amines is 1. The number of ether oxygens (including phenoxy) is 1. The van der Waals surface area contributed by atoms with Crippen molar-refractivity contribution in [2.45, 2.75) is 50.6 Å². The molecule has 0 aliphatic carbocycles. The van der Waals surface area contributed by atoms with Gasteiger partial charge in [-0.15, -0.1) is 10.2 Å². The number of aromatic nitrogens is 7. The van der Waals surface area contributed by atoms with Crippen molar-refractivity contribution in [1.82, 2.24) is 39.7 Å². The van der Waals surface area contributed by atoms with Crippen LogP contribution in [0.1, 0.15) is 65.2 Å². The highest BCUT2D eigenvalue weighted by Gasteiger charge is 2.45. The highest BCUT2D eigenvalue weighted by molar-refractivity contribution is 6.00. The minimum Gasteiger partial charge on any atom is -0.494 e. The molecule has 2 bridgehead atoms. The summed E-state index contributed by atoms with van der Waals surface area (Å²) in [7, 11) is 1.42. The number of Topliss-reactive ketones (excluding diaryl/α,β-unsaturated/α-hetero) is 1. The molecule has 43 heavy (non-hydrogen) atoms. The molecule has 0 spiro atoms. The maximum atomic E-state index is 14.3. The molecule has 7 rings (SSSR count). The van der Waals surface area contributed by atoms with E-state index < -0.39 is 5.82 Å². The van der Waals surface area contributed by atoms with Crippen LogP contribution in [0.25, 0.3) is 28.0 Å². The molecule has 2 atom stereocenters. The van der Waals surface area contributed by atoms with Crippen LogP contribution >= 0.6 is 0 Å². The fourth-order valence-electron chi connectivity index (χ4n) is 6.61. The summed E-state index contributed by atoms with van der Waals surface area (Å²) in [5.74, 6) is -0.280. The van der Waals surface area contributed by atoms with Gasteiger partial charge in [-0.25, -0.2) is 9.37 Å². The van der Waals surface area contributed by atoms with E-state index in [9.17, 15) is 14.0 Å². The number of ketones is 1. The predicted molar refractivity (Wildman–Crippen MR) is 154 cm³/mol. The van der Waals surface area contributed by atoms with Gasteiger partial charge in [-0.1, -0.05) is 6.07 Å². The lowest BCUT2D eigenvalue weighted by atomic mass is 9.85. The number of carbonyl (C=O) groups excluding carboxylic acids is 2. The van der Waals surface area contributed by atoms with Crippen molar-refractivity contribution >= 4 is 23.2 Å². The number of carbonyl (C=O) groups is 2. The largest absolute Gasteiger partial charge is 0.494 e. The number of hydrogen-bond acceptors (Lipinski definition) is 9. The summed E-state index contributed by atoms with van der Waals surface area (Å²) in [6.07, 6.45) is 7.75. The number of rotatable bonds is 6. The number of methoxy groups -OCH3 is 1. The molecule has 0 radical (unpaired) electrons. The minimum absolute atomic E-state index is 0.00988. The van der Waals surface area contributed by atoms with E-state index in [1.165, 1.54) is 30.9 Å². The molecule has 0 saturated carbocycles. The Hall–Kier alpha value is -5.20. The van der Waals surface area contributed by atoms with Crippen LogP contribution in [0.2, 0.25) is 0 Å². The predicted octanol–water partition coefficient (Wildman–Crippen LogP) is 4.06. The van der Waals surface area contributed by atoms with Gasteiger partial charge in [0.1, 0.15) is 12.1 Å². The molecular weight excluding hydrogens is 553 g/mol. The fraction of sp³-hybridized carbons (Fsp3) is 0.300. The number of anilines is 1. The summed E-state index contributed by atoms with van der Waals surface area (Å²) in [6, 6.07) is 8.33. The van der Waals surface area contributed by atoms with Gasteiger partial charge in [0, 0.05) is 40.9 Å². The number of nitrogen functional groups attached to an aromatic ring is 1. The summed E-state index contributed by atoms with van der Waals surface area (Å²) in [6.45, 7) is 1.48. The van der Waals surface area contributed by atoms with Gasteiger partial charge in [-0.3, -0.25) is 14.6 Å². The summed E-state index contributed by atoms with van der Waals surface area (Å²) >= 11 is 0. The molecule has 5 aromatic rings. The molecule has 218 valence electrons. The van der Waals surface area contributed by atoms with E-state index in [1.807, 2.05) is 11.0 Å². The lowest BCUT2D eigenvalue weighted by Crippen LogP contribution is -2.46. The Kier molecular flexibility index (Phi) is 6.37. The first kappa shape index (κ1) is 26.7. The van der Waals surface area contributed by atoms with E-state index in [2.05, 4.69) is 25.3 Å². The number of nitrogens with one attached hydrogen (secondary N) is 1. The van der Waals surface area contributed by atoms with Gasteiger partial charge in [0.2, 0.25) is 5.82 Å². The summed E-state index contributed by atoms with van der Waals surface area (Å²) in [4.78, 5) is 40.4. The van der Waals surface area contributed by atoms with Crippen molar-refractivity contribution in [3.8, 4) is 28.1 Å². The molecule has 2 aliphatic rings. The zero-order chi connectivity index (χ0) is 29.8. The first-order valence-electron chi connectivity index (χ1n) is 14.0. The van der Waals surface area contributed by atoms with E-state index in [0.29, 0.717) is 46.6 Å². The lowest BCUT2D eigenvalue weighted by molar-refractivity contribution is 0.0556. The summed E-state index contributed by atoms with van der Waals surface area (Å²) < 4.78 is 20.8. The Morgan fingerprint density at radius 2 is 1.86 bits per heavy atom. The van der Waals surface area contributed by atoms with Gasteiger partial charge < -0.3 is 20.4 Å². The number of fused-ring (bicyclic) bond motifs is 3. The second-order valence-electron chi connectivity index (χ2n) is 11.0. The molecule has 12 nitrogen and oxygen atoms in total. The maximum absolute atomic E-state index is 14.3. The third-order valence-corrected chi connectivity index (χ3v) is 8.56. The quantitative estimate of drug-likeness (QED) is 0.282. The number of H-pyrrole nitrogens is 1. The smallest absolute Gasteiger partial charge is 0.292 e. The van der Waals surface area contributed by atoms with Gasteiger partial charge in [-0.2, -0.15) is 9.61 Å². The molecule has 2 unspecified atom stereocenters. The Labute approximate surface area is 245 Å². The molecule has 1 amide bonds. The highest BCUT2D eigenvalue weighted by atomic mass is 19.1. The van der Waals surface area contributed by atoms with Crippen LogP contribution in [-0.2, 0) is 0 Å². The van der Waals surface area contributed by atoms with Crippen LogP contribution in [0, 0.1) is 5.82 Å². The monoisotopic (exact) mass is 581 g/mol. The first-order valence-corrected chi connectivity index (χ1v) is 14.0. The average molecular weight is 582 g/mol. The molecule has 2 aliphatic heterocycles. The van der Waals surface area contributed by atoms with Crippen LogP contribution in [0.4, 0.5) is 10.2 Å². The van der Waals surface area contributed by atoms with Crippen molar-refractivity contribution < 1.29 is 18.7 Å². The SMILES string of the molecule is COc1ccc(-c2ccc(-c3cnn4c(N)c(C(C)=O)c(C5CC6CCC(C5)N6C(=O)c5nnc[nH]5)nc34)cn2)cc1F. The van der Waals surface area contributed by atoms with Gasteiger partial charge >= 0.3 is 0 Å². The molecule has 2 fully saturated rings. The fourth-order valence-corrected chi connectivity index (χ4v) is 6.61. The van der Waals surface area contributed by atoms with Crippen molar-refractivity contribution in [2.24, 2.45) is 0 Å². The summed E-state index contributed by atoms with van der Waals surface area (Å²) in [5.41, 5.74) is 10.7. The van der Waals surface area contributed by atoms with Crippen molar-refractivity contribution in [3.05, 3.63) is 72.0 Å². The first-order chi connectivity index (χ1) is 20.8. The number of hydrogen-bond donors (Lipinski definition) is 2. The number of piperidine rings is 1. The van der Waals surface area contributed by atoms with Crippen LogP contribution in [0.5, 0.6) is 5.75 Å². The topological polar surface area (TPSA) is 157 Å². The van der Waals surface area contributed by atoms with Crippen LogP contribution in [0.3, 0.4) is 0 Å². The Morgan fingerprint density at radius 1 is 1.09 bits per heavy atom. The van der Waals surface area contributed by atoms with Crippen molar-refractivity contribution in [2.75, 3.05) is 12.8 Å². The third kappa shape index (κ3) is 4.39. The highest BCUT2D eigenvalue weighted by Crippen LogP contribution is 2.45. The summed E-state index contributed by atoms with van der Waals surface area (Å²) in [5, 5.41) is 12.1. The third-order valence-electron chi connectivity index (χ3n) is 8.56. The maximum Gasteiger partial charge on any atom is 0.292 e. The second kappa shape index (κ2) is 10.3. The zero-order valence-electron chi connectivity index (χ0n) is 23.5. The molecule has 1 aromatic carbocycles. The normalized spacial score (nSPS) is 19.6. The molecular formula is C30H28FN9O3. The minimum atomic E-state index is -0.469. The molecule has 2 saturated heterocycles. The average Bonchev–Trinajstić information content (AvgIpc) is 3.75. The second-order valence-corrected chi connectivity index (χ2v) is 11.0. The van der Waals surface area contributed by atoms with Gasteiger partial charge in [-0.05, 0) is 56.9 Å². The number of nitrogens with two attached hydrogens (primary N) is 1. The number of nitrogens with zero attached hydrogens (tertiary/aromatic N) is 7. The molecule has 4 aromatic heterocycles. The van der Waals surface area contributed by atoms with Crippen LogP contribution < -0.4 is 10.5 Å². The van der Waals surface area contributed by atoms with Gasteiger partial charge in [0.05, 0.1) is 30.3 Å². The number of benzene rings is 1. The van der Waals surface area contributed by atoms with Gasteiger partial charge in [0.15, 0.2) is 23.0 Å². The van der Waals surface area contributed by atoms with E-state index >= 15 is 0 Å².